The van der Waals surface area contributed by atoms with Crippen molar-refractivity contribution in [2.45, 2.75) is 58.7 Å². The Balaban J connectivity index is 2.25. The molecule has 1 aliphatic heterocycles. The number of likely N-dealkylation sites (tertiary alicyclic amines) is 1. The molecule has 0 amide bonds. The van der Waals surface area contributed by atoms with Gasteiger partial charge in [-0.1, -0.05) is 20.8 Å². The highest BCUT2D eigenvalue weighted by molar-refractivity contribution is 4.82. The van der Waals surface area contributed by atoms with Crippen LogP contribution in [-0.2, 0) is 0 Å². The Labute approximate surface area is 99.5 Å². The van der Waals surface area contributed by atoms with Crippen LogP contribution >= 0.6 is 0 Å². The minimum atomic E-state index is -0.473. The minimum absolute atomic E-state index is 0.0265. The third-order valence-corrected chi connectivity index (χ3v) is 3.65. The van der Waals surface area contributed by atoms with Gasteiger partial charge in [-0.05, 0) is 31.6 Å². The first kappa shape index (κ1) is 13.9. The third-order valence-electron chi connectivity index (χ3n) is 3.65. The van der Waals surface area contributed by atoms with E-state index in [0.717, 1.165) is 38.9 Å². The zero-order chi connectivity index (χ0) is 12.4. The average Bonchev–Trinajstić information content (AvgIpc) is 2.14. The lowest BCUT2D eigenvalue weighted by atomic mass is 9.87. The van der Waals surface area contributed by atoms with Crippen molar-refractivity contribution in [1.82, 2.24) is 4.90 Å². The van der Waals surface area contributed by atoms with E-state index in [0.29, 0.717) is 0 Å². The van der Waals surface area contributed by atoms with Crippen LogP contribution in [0.3, 0.4) is 0 Å². The molecule has 0 spiro atoms. The summed E-state index contributed by atoms with van der Waals surface area (Å²) in [7, 11) is 0. The average molecular weight is 229 g/mol. The molecular weight excluding hydrogens is 202 g/mol. The predicted octanol–water partition coefficient (Wildman–Crippen LogP) is 1.63. The van der Waals surface area contributed by atoms with Crippen molar-refractivity contribution in [2.24, 2.45) is 5.41 Å². The molecule has 1 rings (SSSR count). The summed E-state index contributed by atoms with van der Waals surface area (Å²) >= 11 is 0. The standard InChI is InChI=1S/C13H27NO2/c1-12(2,3)11(15)5-8-14-9-6-13(4,16)7-10-14/h11,15-16H,5-10H2,1-4H3. The number of aliphatic hydroxyl groups excluding tert-OH is 1. The lowest BCUT2D eigenvalue weighted by Crippen LogP contribution is -2.43. The van der Waals surface area contributed by atoms with Crippen LogP contribution in [0.25, 0.3) is 0 Å². The van der Waals surface area contributed by atoms with Gasteiger partial charge in [0.15, 0.2) is 0 Å². The van der Waals surface area contributed by atoms with Gasteiger partial charge in [0.2, 0.25) is 0 Å². The van der Waals surface area contributed by atoms with E-state index in [1.807, 2.05) is 6.92 Å². The summed E-state index contributed by atoms with van der Waals surface area (Å²) in [5.41, 5.74) is -0.500. The van der Waals surface area contributed by atoms with Crippen molar-refractivity contribution in [2.75, 3.05) is 19.6 Å². The van der Waals surface area contributed by atoms with E-state index < -0.39 is 5.60 Å². The maximum absolute atomic E-state index is 9.94. The summed E-state index contributed by atoms with van der Waals surface area (Å²) in [6, 6.07) is 0. The molecule has 0 bridgehead atoms. The third kappa shape index (κ3) is 4.40. The summed E-state index contributed by atoms with van der Waals surface area (Å²) in [5, 5.41) is 19.8. The zero-order valence-corrected chi connectivity index (χ0v) is 11.2. The monoisotopic (exact) mass is 229 g/mol. The van der Waals surface area contributed by atoms with Crippen LogP contribution in [0.5, 0.6) is 0 Å². The molecule has 2 N–H and O–H groups in total. The van der Waals surface area contributed by atoms with E-state index in [1.54, 1.807) is 0 Å². The summed E-state index contributed by atoms with van der Waals surface area (Å²) in [4.78, 5) is 2.34. The molecule has 1 unspecified atom stereocenters. The molecule has 3 nitrogen and oxygen atoms in total. The lowest BCUT2D eigenvalue weighted by molar-refractivity contribution is -0.0132. The molecule has 0 radical (unpaired) electrons. The highest BCUT2D eigenvalue weighted by Gasteiger charge is 2.28. The Morgan fingerprint density at radius 3 is 2.19 bits per heavy atom. The van der Waals surface area contributed by atoms with E-state index >= 15 is 0 Å². The fourth-order valence-electron chi connectivity index (χ4n) is 2.00. The van der Waals surface area contributed by atoms with Crippen molar-refractivity contribution in [3.8, 4) is 0 Å². The number of nitrogens with zero attached hydrogens (tertiary/aromatic N) is 1. The molecule has 1 heterocycles. The van der Waals surface area contributed by atoms with Gasteiger partial charge in [-0.15, -0.1) is 0 Å². The van der Waals surface area contributed by atoms with E-state index in [2.05, 4.69) is 25.7 Å². The van der Waals surface area contributed by atoms with Crippen LogP contribution in [0, 0.1) is 5.41 Å². The maximum Gasteiger partial charge on any atom is 0.0644 e. The van der Waals surface area contributed by atoms with E-state index in [9.17, 15) is 10.2 Å². The van der Waals surface area contributed by atoms with Crippen LogP contribution in [0.15, 0.2) is 0 Å². The van der Waals surface area contributed by atoms with Crippen molar-refractivity contribution < 1.29 is 10.2 Å². The second-order valence-corrected chi connectivity index (χ2v) is 6.51. The molecule has 0 aromatic carbocycles. The first-order valence-corrected chi connectivity index (χ1v) is 6.33. The topological polar surface area (TPSA) is 43.7 Å². The van der Waals surface area contributed by atoms with Gasteiger partial charge in [0.25, 0.3) is 0 Å². The van der Waals surface area contributed by atoms with Gasteiger partial charge >= 0.3 is 0 Å². The first-order valence-electron chi connectivity index (χ1n) is 6.33. The van der Waals surface area contributed by atoms with Crippen LogP contribution in [0.1, 0.15) is 47.0 Å². The highest BCUT2D eigenvalue weighted by Crippen LogP contribution is 2.24. The number of hydrogen-bond acceptors (Lipinski definition) is 3. The molecule has 96 valence electrons. The van der Waals surface area contributed by atoms with Gasteiger partial charge < -0.3 is 15.1 Å². The smallest absolute Gasteiger partial charge is 0.0644 e. The van der Waals surface area contributed by atoms with Gasteiger partial charge in [0.05, 0.1) is 11.7 Å². The molecule has 0 aromatic heterocycles. The molecule has 1 saturated heterocycles. The molecular formula is C13H27NO2. The Morgan fingerprint density at radius 1 is 1.25 bits per heavy atom. The Kier molecular flexibility index (Phi) is 4.38. The van der Waals surface area contributed by atoms with Crippen LogP contribution < -0.4 is 0 Å². The van der Waals surface area contributed by atoms with Crippen molar-refractivity contribution in [3.05, 3.63) is 0 Å². The molecule has 1 atom stereocenters. The summed E-state index contributed by atoms with van der Waals surface area (Å²) in [6.45, 7) is 11.0. The molecule has 0 aliphatic carbocycles. The second-order valence-electron chi connectivity index (χ2n) is 6.51. The Bertz CT molecular complexity index is 210. The largest absolute Gasteiger partial charge is 0.393 e. The van der Waals surface area contributed by atoms with Crippen molar-refractivity contribution in [3.63, 3.8) is 0 Å². The normalized spacial score (nSPS) is 24.4. The summed E-state index contributed by atoms with van der Waals surface area (Å²) in [6.07, 6.45) is 2.28. The Hall–Kier alpha value is -0.120. The lowest BCUT2D eigenvalue weighted by Gasteiger charge is -2.37. The molecule has 3 heteroatoms. The fraction of sp³-hybridized carbons (Fsp3) is 1.00. The summed E-state index contributed by atoms with van der Waals surface area (Å²) in [5.74, 6) is 0. The predicted molar refractivity (Wildman–Crippen MR) is 66.4 cm³/mol. The number of aliphatic hydroxyl groups is 2. The van der Waals surface area contributed by atoms with Gasteiger partial charge in [0.1, 0.15) is 0 Å². The SMILES string of the molecule is CC1(O)CCN(CCC(O)C(C)(C)C)CC1. The minimum Gasteiger partial charge on any atom is -0.393 e. The second kappa shape index (κ2) is 5.03. The molecule has 1 aliphatic rings. The van der Waals surface area contributed by atoms with Crippen LogP contribution in [0.2, 0.25) is 0 Å². The fourth-order valence-corrected chi connectivity index (χ4v) is 2.00. The molecule has 0 aromatic rings. The number of rotatable bonds is 3. The summed E-state index contributed by atoms with van der Waals surface area (Å²) < 4.78 is 0. The van der Waals surface area contributed by atoms with Crippen molar-refractivity contribution in [1.29, 1.82) is 0 Å². The quantitative estimate of drug-likeness (QED) is 0.773. The van der Waals surface area contributed by atoms with Gasteiger partial charge in [0, 0.05) is 19.6 Å². The highest BCUT2D eigenvalue weighted by atomic mass is 16.3. The van der Waals surface area contributed by atoms with E-state index in [-0.39, 0.29) is 11.5 Å². The van der Waals surface area contributed by atoms with Gasteiger partial charge in [-0.25, -0.2) is 0 Å². The van der Waals surface area contributed by atoms with E-state index in [4.69, 9.17) is 0 Å². The molecule has 0 saturated carbocycles. The van der Waals surface area contributed by atoms with Gasteiger partial charge in [-0.3, -0.25) is 0 Å². The zero-order valence-electron chi connectivity index (χ0n) is 11.2. The van der Waals surface area contributed by atoms with Crippen LogP contribution in [0.4, 0.5) is 0 Å². The van der Waals surface area contributed by atoms with E-state index in [1.165, 1.54) is 0 Å². The van der Waals surface area contributed by atoms with Crippen molar-refractivity contribution >= 4 is 0 Å². The number of piperidine rings is 1. The Morgan fingerprint density at radius 2 is 1.75 bits per heavy atom. The molecule has 16 heavy (non-hydrogen) atoms. The van der Waals surface area contributed by atoms with Gasteiger partial charge in [-0.2, -0.15) is 0 Å². The maximum atomic E-state index is 9.94. The molecule has 1 fully saturated rings. The first-order chi connectivity index (χ1) is 7.21. The van der Waals surface area contributed by atoms with Crippen LogP contribution in [-0.4, -0.2) is 46.5 Å². The number of hydrogen-bond donors (Lipinski definition) is 2.